The van der Waals surface area contributed by atoms with Gasteiger partial charge < -0.3 is 14.4 Å². The van der Waals surface area contributed by atoms with Crippen LogP contribution in [0.4, 0.5) is 0 Å². The van der Waals surface area contributed by atoms with E-state index in [1.54, 1.807) is 0 Å². The molecule has 3 heteroatoms. The summed E-state index contributed by atoms with van der Waals surface area (Å²) in [5, 5.41) is 0. The lowest BCUT2D eigenvalue weighted by Crippen LogP contribution is -2.31. The van der Waals surface area contributed by atoms with Crippen LogP contribution in [0.25, 0.3) is 0 Å². The van der Waals surface area contributed by atoms with E-state index < -0.39 is 0 Å². The number of nitrogens with zero attached hydrogens (tertiary/aromatic N) is 1. The fourth-order valence-electron chi connectivity index (χ4n) is 6.83. The maximum absolute atomic E-state index is 6.68. The van der Waals surface area contributed by atoms with Crippen molar-refractivity contribution in [1.29, 1.82) is 0 Å². The number of ether oxygens (including phenoxy) is 2. The Bertz CT molecular complexity index is 630. The Morgan fingerprint density at radius 2 is 0.848 bits per heavy atom. The molecule has 3 nitrogen and oxygen atoms in total. The minimum absolute atomic E-state index is 0.269. The Labute approximate surface area is 290 Å². The molecule has 0 aromatic carbocycles. The molecule has 1 atom stereocenters. The van der Waals surface area contributed by atoms with Crippen LogP contribution in [0.5, 0.6) is 0 Å². The topological polar surface area (TPSA) is 21.7 Å². The standard InChI is InChI=1S/C43H83NO2/c1-5-7-9-11-13-15-17-19-21-23-25-27-29-31-33-35-38-43(45-41-42(46-43)37-40-44(3)4)39-36-34-32-30-28-26-24-22-20-18-16-14-12-10-8-6-2/h19-22,42H,5-18,23-41H2,1-4H3/b21-19-,22-20-. The molecule has 46 heavy (non-hydrogen) atoms. The Balaban J connectivity index is 2.13. The summed E-state index contributed by atoms with van der Waals surface area (Å²) in [6, 6.07) is 0. The number of allylic oxidation sites excluding steroid dienone is 4. The van der Waals surface area contributed by atoms with Crippen LogP contribution in [0.1, 0.15) is 213 Å². The monoisotopic (exact) mass is 646 g/mol. The summed E-state index contributed by atoms with van der Waals surface area (Å²) in [5.74, 6) is -0.307. The Hall–Kier alpha value is -0.640. The summed E-state index contributed by atoms with van der Waals surface area (Å²) >= 11 is 0. The second-order valence-corrected chi connectivity index (χ2v) is 14.9. The van der Waals surface area contributed by atoms with Crippen molar-refractivity contribution < 1.29 is 9.47 Å². The summed E-state index contributed by atoms with van der Waals surface area (Å²) < 4.78 is 13.2. The van der Waals surface area contributed by atoms with Gasteiger partial charge in [-0.05, 0) is 84.7 Å². The smallest absolute Gasteiger partial charge is 0.168 e. The minimum atomic E-state index is -0.307. The molecule has 1 rings (SSSR count). The van der Waals surface area contributed by atoms with E-state index in [1.807, 2.05) is 0 Å². The zero-order valence-corrected chi connectivity index (χ0v) is 32.0. The van der Waals surface area contributed by atoms with Crippen molar-refractivity contribution >= 4 is 0 Å². The summed E-state index contributed by atoms with van der Waals surface area (Å²) in [6.07, 6.45) is 51.2. The van der Waals surface area contributed by atoms with Crippen LogP contribution in [-0.4, -0.2) is 44.0 Å². The average Bonchev–Trinajstić information content (AvgIpc) is 3.46. The van der Waals surface area contributed by atoms with Crippen LogP contribution < -0.4 is 0 Å². The van der Waals surface area contributed by atoms with Crippen LogP contribution >= 0.6 is 0 Å². The number of unbranched alkanes of at least 4 members (excludes halogenated alkanes) is 24. The van der Waals surface area contributed by atoms with Gasteiger partial charge in [-0.2, -0.15) is 0 Å². The highest BCUT2D eigenvalue weighted by Gasteiger charge is 2.40. The molecule has 0 aromatic heterocycles. The van der Waals surface area contributed by atoms with Crippen molar-refractivity contribution in [1.82, 2.24) is 4.90 Å². The molecule has 0 amide bonds. The largest absolute Gasteiger partial charge is 0.347 e. The highest BCUT2D eigenvalue weighted by Crippen LogP contribution is 2.35. The molecule has 1 fully saturated rings. The first-order valence-electron chi connectivity index (χ1n) is 20.9. The van der Waals surface area contributed by atoms with E-state index in [-0.39, 0.29) is 11.9 Å². The third-order valence-electron chi connectivity index (χ3n) is 9.95. The highest BCUT2D eigenvalue weighted by atomic mass is 16.7. The molecule has 0 aromatic rings. The summed E-state index contributed by atoms with van der Waals surface area (Å²) in [7, 11) is 4.31. The fourth-order valence-corrected chi connectivity index (χ4v) is 6.83. The number of hydrogen-bond donors (Lipinski definition) is 0. The van der Waals surface area contributed by atoms with Gasteiger partial charge in [0.15, 0.2) is 5.79 Å². The van der Waals surface area contributed by atoms with Gasteiger partial charge in [0.2, 0.25) is 0 Å². The van der Waals surface area contributed by atoms with E-state index in [9.17, 15) is 0 Å². The second-order valence-electron chi connectivity index (χ2n) is 14.9. The Morgan fingerprint density at radius 3 is 1.22 bits per heavy atom. The molecule has 1 aliphatic rings. The van der Waals surface area contributed by atoms with E-state index in [1.165, 1.54) is 180 Å². The van der Waals surface area contributed by atoms with Gasteiger partial charge >= 0.3 is 0 Å². The van der Waals surface area contributed by atoms with Crippen LogP contribution in [0.2, 0.25) is 0 Å². The molecule has 1 heterocycles. The Kier molecular flexibility index (Phi) is 31.0. The lowest BCUT2D eigenvalue weighted by atomic mass is 9.98. The fraction of sp³-hybridized carbons (Fsp3) is 0.907. The molecule has 0 saturated carbocycles. The van der Waals surface area contributed by atoms with E-state index in [0.717, 1.165) is 32.4 Å². The molecule has 0 spiro atoms. The van der Waals surface area contributed by atoms with E-state index in [4.69, 9.17) is 9.47 Å². The van der Waals surface area contributed by atoms with E-state index in [0.29, 0.717) is 0 Å². The highest BCUT2D eigenvalue weighted by molar-refractivity contribution is 4.83. The molecule has 0 radical (unpaired) electrons. The predicted molar refractivity (Wildman–Crippen MR) is 205 cm³/mol. The SMILES string of the molecule is CCCCCCCC/C=C\CCCCCCCCC1(CCCCCCCC/C=C\CCCCCCCC)OCC(CCN(C)C)O1. The zero-order chi connectivity index (χ0) is 33.2. The van der Waals surface area contributed by atoms with Crippen molar-refractivity contribution in [2.75, 3.05) is 27.2 Å². The lowest BCUT2D eigenvalue weighted by molar-refractivity contribution is -0.180. The summed E-state index contributed by atoms with van der Waals surface area (Å²) in [4.78, 5) is 2.26. The third-order valence-corrected chi connectivity index (χ3v) is 9.95. The van der Waals surface area contributed by atoms with Gasteiger partial charge in [0, 0.05) is 19.4 Å². The van der Waals surface area contributed by atoms with Gasteiger partial charge in [-0.3, -0.25) is 0 Å². The third kappa shape index (κ3) is 27.3. The first-order chi connectivity index (χ1) is 22.6. The second kappa shape index (κ2) is 32.9. The van der Waals surface area contributed by atoms with Crippen LogP contribution in [0.3, 0.4) is 0 Å². The molecule has 1 unspecified atom stereocenters. The van der Waals surface area contributed by atoms with Gasteiger partial charge in [0.1, 0.15) is 0 Å². The van der Waals surface area contributed by atoms with Crippen LogP contribution in [0.15, 0.2) is 24.3 Å². The molecule has 1 aliphatic heterocycles. The Morgan fingerprint density at radius 1 is 0.500 bits per heavy atom. The van der Waals surface area contributed by atoms with Crippen molar-refractivity contribution in [3.8, 4) is 0 Å². The van der Waals surface area contributed by atoms with Crippen molar-refractivity contribution in [3.05, 3.63) is 24.3 Å². The van der Waals surface area contributed by atoms with Crippen LogP contribution in [0, 0.1) is 0 Å². The van der Waals surface area contributed by atoms with Gasteiger partial charge in [-0.1, -0.05) is 154 Å². The zero-order valence-electron chi connectivity index (χ0n) is 32.0. The maximum atomic E-state index is 6.68. The van der Waals surface area contributed by atoms with Gasteiger partial charge in [0.25, 0.3) is 0 Å². The van der Waals surface area contributed by atoms with Gasteiger partial charge in [-0.25, -0.2) is 0 Å². The van der Waals surface area contributed by atoms with Crippen molar-refractivity contribution in [3.63, 3.8) is 0 Å². The van der Waals surface area contributed by atoms with Crippen molar-refractivity contribution in [2.24, 2.45) is 0 Å². The molecule has 0 N–H and O–H groups in total. The summed E-state index contributed by atoms with van der Waals surface area (Å²) in [5.41, 5.74) is 0. The predicted octanol–water partition coefficient (Wildman–Crippen LogP) is 13.9. The van der Waals surface area contributed by atoms with E-state index in [2.05, 4.69) is 57.1 Å². The molecular formula is C43H83NO2. The molecular weight excluding hydrogens is 562 g/mol. The molecule has 0 aliphatic carbocycles. The molecule has 272 valence electrons. The number of hydrogen-bond acceptors (Lipinski definition) is 3. The maximum Gasteiger partial charge on any atom is 0.168 e. The molecule has 0 bridgehead atoms. The normalized spacial score (nSPS) is 16.6. The average molecular weight is 646 g/mol. The van der Waals surface area contributed by atoms with E-state index >= 15 is 0 Å². The molecule has 1 saturated heterocycles. The minimum Gasteiger partial charge on any atom is -0.347 e. The summed E-state index contributed by atoms with van der Waals surface area (Å²) in [6.45, 7) is 6.45. The van der Waals surface area contributed by atoms with Crippen molar-refractivity contribution in [2.45, 2.75) is 225 Å². The van der Waals surface area contributed by atoms with Gasteiger partial charge in [-0.15, -0.1) is 0 Å². The van der Waals surface area contributed by atoms with Gasteiger partial charge in [0.05, 0.1) is 12.7 Å². The first kappa shape index (κ1) is 43.4. The first-order valence-corrected chi connectivity index (χ1v) is 20.9. The lowest BCUT2D eigenvalue weighted by Gasteiger charge is -2.29. The quantitative estimate of drug-likeness (QED) is 0.0505. The van der Waals surface area contributed by atoms with Crippen LogP contribution in [-0.2, 0) is 9.47 Å². The number of rotatable bonds is 35.